The molecule has 0 fully saturated rings. The van der Waals surface area contributed by atoms with Crippen LogP contribution in [-0.2, 0) is 10.0 Å². The van der Waals surface area contributed by atoms with E-state index in [9.17, 15) is 8.42 Å². The van der Waals surface area contributed by atoms with Crippen LogP contribution in [0.15, 0.2) is 4.99 Å². The lowest BCUT2D eigenvalue weighted by Gasteiger charge is -2.18. The largest absolute Gasteiger partial charge is 0.357 e. The van der Waals surface area contributed by atoms with Gasteiger partial charge in [0, 0.05) is 32.7 Å². The molecule has 0 unspecified atom stereocenters. The Morgan fingerprint density at radius 2 is 1.89 bits per heavy atom. The second-order valence-corrected chi connectivity index (χ2v) is 6.28. The second kappa shape index (κ2) is 10.0. The molecule has 0 aliphatic rings. The van der Waals surface area contributed by atoms with Crippen LogP contribution >= 0.6 is 0 Å². The molecule has 0 atom stereocenters. The van der Waals surface area contributed by atoms with E-state index < -0.39 is 10.0 Å². The monoisotopic (exact) mass is 292 g/mol. The molecule has 0 aromatic heterocycles. The lowest BCUT2D eigenvalue weighted by atomic mass is 10.4. The van der Waals surface area contributed by atoms with E-state index in [1.807, 2.05) is 13.8 Å². The number of hydrogen-bond donors (Lipinski definition) is 2. The van der Waals surface area contributed by atoms with E-state index in [0.717, 1.165) is 31.9 Å². The van der Waals surface area contributed by atoms with Gasteiger partial charge in [0.15, 0.2) is 5.96 Å². The van der Waals surface area contributed by atoms with Crippen LogP contribution in [0.5, 0.6) is 0 Å². The van der Waals surface area contributed by atoms with Gasteiger partial charge in [-0.15, -0.1) is 0 Å². The minimum Gasteiger partial charge on any atom is -0.357 e. The maximum Gasteiger partial charge on any atom is 0.211 e. The normalized spacial score (nSPS) is 12.8. The number of aliphatic imine (C=N–C) groups is 1. The van der Waals surface area contributed by atoms with Gasteiger partial charge in [0.1, 0.15) is 0 Å². The number of nitrogens with one attached hydrogen (secondary N) is 2. The maximum absolute atomic E-state index is 11.4. The first-order valence-corrected chi connectivity index (χ1v) is 8.77. The van der Waals surface area contributed by atoms with Crippen molar-refractivity contribution >= 4 is 16.0 Å². The molecule has 2 N–H and O–H groups in total. The summed E-state index contributed by atoms with van der Waals surface area (Å²) in [5.74, 6) is 0.798. The molecule has 0 heterocycles. The molecule has 6 nitrogen and oxygen atoms in total. The summed E-state index contributed by atoms with van der Waals surface area (Å²) in [6.45, 7) is 9.32. The Kier molecular flexibility index (Phi) is 9.59. The van der Waals surface area contributed by atoms with Crippen LogP contribution in [0.2, 0.25) is 0 Å². The van der Waals surface area contributed by atoms with Crippen LogP contribution in [0.3, 0.4) is 0 Å². The van der Waals surface area contributed by atoms with Crippen molar-refractivity contribution in [3.63, 3.8) is 0 Å². The van der Waals surface area contributed by atoms with Crippen molar-refractivity contribution in [3.05, 3.63) is 0 Å². The van der Waals surface area contributed by atoms with E-state index in [0.29, 0.717) is 19.6 Å². The zero-order valence-electron chi connectivity index (χ0n) is 12.6. The lowest BCUT2D eigenvalue weighted by molar-refractivity contribution is 0.424. The summed E-state index contributed by atoms with van der Waals surface area (Å²) in [5, 5.41) is 6.36. The summed E-state index contributed by atoms with van der Waals surface area (Å²) in [7, 11) is -3.08. The average molecular weight is 292 g/mol. The Morgan fingerprint density at radius 3 is 2.37 bits per heavy atom. The van der Waals surface area contributed by atoms with E-state index in [4.69, 9.17) is 0 Å². The quantitative estimate of drug-likeness (QED) is 0.371. The Morgan fingerprint density at radius 1 is 1.21 bits per heavy atom. The van der Waals surface area contributed by atoms with Crippen LogP contribution in [0.1, 0.15) is 33.6 Å². The molecule has 0 spiro atoms. The van der Waals surface area contributed by atoms with E-state index in [1.165, 1.54) is 10.6 Å². The van der Waals surface area contributed by atoms with E-state index in [-0.39, 0.29) is 0 Å². The highest BCUT2D eigenvalue weighted by Gasteiger charge is 2.13. The third-order valence-corrected chi connectivity index (χ3v) is 3.92. The maximum atomic E-state index is 11.4. The lowest BCUT2D eigenvalue weighted by Crippen LogP contribution is -2.39. The van der Waals surface area contributed by atoms with Gasteiger partial charge in [0.25, 0.3) is 0 Å². The fourth-order valence-electron chi connectivity index (χ4n) is 1.59. The summed E-state index contributed by atoms with van der Waals surface area (Å²) in [6, 6.07) is 0. The van der Waals surface area contributed by atoms with Crippen molar-refractivity contribution in [1.82, 2.24) is 14.9 Å². The molecule has 0 bridgehead atoms. The Hall–Kier alpha value is -0.820. The Bertz CT molecular complexity index is 355. The fraction of sp³-hybridized carbons (Fsp3) is 0.917. The van der Waals surface area contributed by atoms with Crippen molar-refractivity contribution in [2.75, 3.05) is 39.0 Å². The van der Waals surface area contributed by atoms with Crippen LogP contribution < -0.4 is 10.6 Å². The molecule has 0 rings (SSSR count). The van der Waals surface area contributed by atoms with Crippen LogP contribution in [0.25, 0.3) is 0 Å². The third kappa shape index (κ3) is 8.83. The van der Waals surface area contributed by atoms with Gasteiger partial charge in [-0.3, -0.25) is 4.99 Å². The number of sulfonamides is 1. The van der Waals surface area contributed by atoms with E-state index in [1.54, 1.807) is 0 Å². The van der Waals surface area contributed by atoms with Gasteiger partial charge in [-0.05, 0) is 19.8 Å². The van der Waals surface area contributed by atoms with Crippen molar-refractivity contribution in [2.45, 2.75) is 33.6 Å². The number of guanidine groups is 1. The molecular weight excluding hydrogens is 264 g/mol. The first-order valence-electron chi connectivity index (χ1n) is 6.92. The average Bonchev–Trinajstić information content (AvgIpc) is 2.34. The number of rotatable bonds is 9. The van der Waals surface area contributed by atoms with E-state index >= 15 is 0 Å². The van der Waals surface area contributed by atoms with E-state index in [2.05, 4.69) is 22.5 Å². The van der Waals surface area contributed by atoms with Crippen molar-refractivity contribution in [3.8, 4) is 0 Å². The Labute approximate surface area is 117 Å². The van der Waals surface area contributed by atoms with Gasteiger partial charge in [-0.25, -0.2) is 12.7 Å². The number of hydrogen-bond acceptors (Lipinski definition) is 3. The molecule has 114 valence electrons. The standard InChI is InChI=1S/C12H28N4O2S/c1-5-9-14-12(13-6-2)15-10-8-11-16(7-3)19(4,17)18/h5-11H2,1-4H3,(H2,13,14,15). The van der Waals surface area contributed by atoms with Crippen LogP contribution in [0.4, 0.5) is 0 Å². The predicted octanol–water partition coefficient (Wildman–Crippen LogP) is 0.623. The van der Waals surface area contributed by atoms with Gasteiger partial charge in [-0.2, -0.15) is 0 Å². The van der Waals surface area contributed by atoms with Gasteiger partial charge < -0.3 is 10.6 Å². The molecule has 0 aliphatic heterocycles. The smallest absolute Gasteiger partial charge is 0.211 e. The molecule has 0 aromatic carbocycles. The molecule has 0 aliphatic carbocycles. The molecular formula is C12H28N4O2S. The first-order chi connectivity index (χ1) is 8.95. The highest BCUT2D eigenvalue weighted by Crippen LogP contribution is 1.98. The molecule has 0 aromatic rings. The zero-order chi connectivity index (χ0) is 14.7. The summed E-state index contributed by atoms with van der Waals surface area (Å²) in [4.78, 5) is 4.38. The summed E-state index contributed by atoms with van der Waals surface area (Å²) in [5.41, 5.74) is 0. The van der Waals surface area contributed by atoms with Crippen molar-refractivity contribution in [2.24, 2.45) is 4.99 Å². The predicted molar refractivity (Wildman–Crippen MR) is 81.0 cm³/mol. The summed E-state index contributed by atoms with van der Waals surface area (Å²) in [6.07, 6.45) is 3.02. The number of nitrogens with zero attached hydrogens (tertiary/aromatic N) is 2. The third-order valence-electron chi connectivity index (χ3n) is 2.54. The molecule has 0 radical (unpaired) electrons. The SMILES string of the molecule is CCCN=C(NCC)NCCCN(CC)S(C)(=O)=O. The summed E-state index contributed by atoms with van der Waals surface area (Å²) < 4.78 is 24.3. The second-order valence-electron chi connectivity index (χ2n) is 4.30. The van der Waals surface area contributed by atoms with Gasteiger partial charge in [-0.1, -0.05) is 13.8 Å². The molecule has 0 saturated heterocycles. The van der Waals surface area contributed by atoms with Crippen molar-refractivity contribution in [1.29, 1.82) is 0 Å². The Balaban J connectivity index is 4.06. The molecule has 0 saturated carbocycles. The van der Waals surface area contributed by atoms with Crippen molar-refractivity contribution < 1.29 is 8.42 Å². The topological polar surface area (TPSA) is 73.8 Å². The van der Waals surface area contributed by atoms with Crippen LogP contribution in [0, 0.1) is 0 Å². The summed E-state index contributed by atoms with van der Waals surface area (Å²) >= 11 is 0. The highest BCUT2D eigenvalue weighted by atomic mass is 32.2. The molecule has 0 amide bonds. The van der Waals surface area contributed by atoms with Gasteiger partial charge in [0.2, 0.25) is 10.0 Å². The minimum absolute atomic E-state index is 0.517. The first kappa shape index (κ1) is 18.2. The van der Waals surface area contributed by atoms with Gasteiger partial charge in [0.05, 0.1) is 6.26 Å². The minimum atomic E-state index is -3.08. The van der Waals surface area contributed by atoms with Gasteiger partial charge >= 0.3 is 0 Å². The molecule has 7 heteroatoms. The fourth-order valence-corrected chi connectivity index (χ4v) is 2.52. The zero-order valence-corrected chi connectivity index (χ0v) is 13.4. The van der Waals surface area contributed by atoms with Crippen LogP contribution in [-0.4, -0.2) is 57.7 Å². The molecule has 19 heavy (non-hydrogen) atoms. The highest BCUT2D eigenvalue weighted by molar-refractivity contribution is 7.88.